The lowest BCUT2D eigenvalue weighted by atomic mass is 9.75. The Bertz CT molecular complexity index is 783. The largest absolute Gasteiger partial charge is 0.494 e. The second-order valence-corrected chi connectivity index (χ2v) is 7.19. The van der Waals surface area contributed by atoms with Crippen molar-refractivity contribution in [3.63, 3.8) is 0 Å². The van der Waals surface area contributed by atoms with Crippen molar-refractivity contribution in [3.05, 3.63) is 30.1 Å². The van der Waals surface area contributed by atoms with E-state index in [0.29, 0.717) is 17.5 Å². The summed E-state index contributed by atoms with van der Waals surface area (Å²) in [6.45, 7) is 2.27. The van der Waals surface area contributed by atoms with E-state index in [0.717, 1.165) is 31.4 Å². The monoisotopic (exact) mass is 373 g/mol. The van der Waals surface area contributed by atoms with Gasteiger partial charge in [-0.15, -0.1) is 5.10 Å². The van der Waals surface area contributed by atoms with Gasteiger partial charge in [-0.2, -0.15) is 4.68 Å². The van der Waals surface area contributed by atoms with Crippen LogP contribution >= 0.6 is 0 Å². The van der Waals surface area contributed by atoms with Gasteiger partial charge < -0.3 is 14.4 Å². The Morgan fingerprint density at radius 3 is 2.67 bits per heavy atom. The van der Waals surface area contributed by atoms with Crippen molar-refractivity contribution in [2.24, 2.45) is 5.92 Å². The quantitative estimate of drug-likeness (QED) is 0.772. The van der Waals surface area contributed by atoms with Crippen molar-refractivity contribution in [3.8, 4) is 11.4 Å². The third-order valence-corrected chi connectivity index (χ3v) is 5.58. The van der Waals surface area contributed by atoms with Crippen LogP contribution in [0.4, 0.5) is 0 Å². The normalized spacial score (nSPS) is 22.4. The Morgan fingerprint density at radius 1 is 1.30 bits per heavy atom. The first-order chi connectivity index (χ1) is 13.0. The third kappa shape index (κ3) is 3.53. The van der Waals surface area contributed by atoms with E-state index >= 15 is 0 Å². The molecule has 0 saturated heterocycles. The second-order valence-electron chi connectivity index (χ2n) is 7.19. The summed E-state index contributed by atoms with van der Waals surface area (Å²) in [5.74, 6) is 1.86. The highest BCUT2D eigenvalue weighted by Crippen LogP contribution is 2.43. The van der Waals surface area contributed by atoms with E-state index in [1.807, 2.05) is 31.3 Å². The van der Waals surface area contributed by atoms with E-state index in [2.05, 4.69) is 22.4 Å². The number of rotatable bonds is 6. The number of tetrazole rings is 1. The van der Waals surface area contributed by atoms with E-state index in [4.69, 9.17) is 9.47 Å². The molecule has 0 spiro atoms. The molecule has 1 fully saturated rings. The zero-order chi connectivity index (χ0) is 19.4. The van der Waals surface area contributed by atoms with Crippen molar-refractivity contribution < 1.29 is 14.3 Å². The lowest BCUT2D eigenvalue weighted by molar-refractivity contribution is -0.142. The highest BCUT2D eigenvalue weighted by atomic mass is 16.5. The van der Waals surface area contributed by atoms with Gasteiger partial charge in [-0.3, -0.25) is 4.79 Å². The fourth-order valence-electron chi connectivity index (χ4n) is 3.85. The average molecular weight is 373 g/mol. The minimum absolute atomic E-state index is 0.0318. The van der Waals surface area contributed by atoms with Crippen LogP contribution in [0.1, 0.15) is 38.4 Å². The molecular weight excluding hydrogens is 346 g/mol. The first-order valence-corrected chi connectivity index (χ1v) is 9.21. The number of likely N-dealkylation sites (N-methyl/N-ethyl adjacent to an activating group) is 1. The number of carbonyl (C=O) groups excluding carboxylic acids is 1. The lowest BCUT2D eigenvalue weighted by Crippen LogP contribution is -2.51. The molecule has 1 heterocycles. The van der Waals surface area contributed by atoms with Crippen molar-refractivity contribution >= 4 is 5.91 Å². The Labute approximate surface area is 159 Å². The summed E-state index contributed by atoms with van der Waals surface area (Å²) in [6.07, 6.45) is 3.61. The Kier molecular flexibility index (Phi) is 5.74. The number of para-hydroxylation sites is 2. The van der Waals surface area contributed by atoms with Gasteiger partial charge in [-0.1, -0.05) is 19.1 Å². The zero-order valence-electron chi connectivity index (χ0n) is 16.4. The Balaban J connectivity index is 2.09. The topological polar surface area (TPSA) is 82.4 Å². The highest BCUT2D eigenvalue weighted by Gasteiger charge is 2.46. The van der Waals surface area contributed by atoms with Gasteiger partial charge in [0.1, 0.15) is 23.6 Å². The van der Waals surface area contributed by atoms with Crippen LogP contribution in [0, 0.1) is 5.92 Å². The molecule has 0 radical (unpaired) electrons. The highest BCUT2D eigenvalue weighted by molar-refractivity contribution is 5.78. The molecule has 0 atom stereocenters. The molecule has 146 valence electrons. The molecular formula is C19H27N5O3. The average Bonchev–Trinajstić information content (AvgIpc) is 3.18. The van der Waals surface area contributed by atoms with Crippen molar-refractivity contribution in [1.82, 2.24) is 25.1 Å². The minimum atomic E-state index is -0.577. The van der Waals surface area contributed by atoms with Gasteiger partial charge in [-0.05, 0) is 54.2 Å². The molecule has 1 saturated carbocycles. The van der Waals surface area contributed by atoms with Gasteiger partial charge in [0.25, 0.3) is 0 Å². The summed E-state index contributed by atoms with van der Waals surface area (Å²) in [7, 11) is 4.97. The zero-order valence-corrected chi connectivity index (χ0v) is 16.4. The molecule has 1 amide bonds. The molecule has 0 N–H and O–H groups in total. The number of nitrogens with zero attached hydrogens (tertiary/aromatic N) is 5. The van der Waals surface area contributed by atoms with Gasteiger partial charge in [0.05, 0.1) is 7.11 Å². The number of hydrogen-bond donors (Lipinski definition) is 0. The summed E-state index contributed by atoms with van der Waals surface area (Å²) >= 11 is 0. The van der Waals surface area contributed by atoms with Crippen LogP contribution < -0.4 is 4.74 Å². The number of hydrogen-bond acceptors (Lipinski definition) is 6. The SMILES string of the molecule is COCC(=O)N(C)C1(c2nnnn2-c2ccccc2OC)CCC(C)CC1. The van der Waals surface area contributed by atoms with Crippen molar-refractivity contribution in [1.29, 1.82) is 0 Å². The number of benzene rings is 1. The van der Waals surface area contributed by atoms with Crippen LogP contribution in [0.5, 0.6) is 5.75 Å². The summed E-state index contributed by atoms with van der Waals surface area (Å²) in [4.78, 5) is 14.5. The summed E-state index contributed by atoms with van der Waals surface area (Å²) in [5.41, 5.74) is 0.178. The maximum Gasteiger partial charge on any atom is 0.249 e. The van der Waals surface area contributed by atoms with Crippen LogP contribution in [0.15, 0.2) is 24.3 Å². The van der Waals surface area contributed by atoms with Crippen LogP contribution in [0.25, 0.3) is 5.69 Å². The van der Waals surface area contributed by atoms with E-state index in [9.17, 15) is 4.79 Å². The van der Waals surface area contributed by atoms with E-state index in [1.165, 1.54) is 7.11 Å². The number of ether oxygens (including phenoxy) is 2. The van der Waals surface area contributed by atoms with E-state index in [-0.39, 0.29) is 12.5 Å². The Morgan fingerprint density at radius 2 is 2.00 bits per heavy atom. The number of carbonyl (C=O) groups is 1. The van der Waals surface area contributed by atoms with Crippen molar-refractivity contribution in [2.45, 2.75) is 38.1 Å². The van der Waals surface area contributed by atoms with Gasteiger partial charge in [-0.25, -0.2) is 0 Å². The van der Waals surface area contributed by atoms with E-state index in [1.54, 1.807) is 16.7 Å². The second kappa shape index (κ2) is 8.04. The third-order valence-electron chi connectivity index (χ3n) is 5.58. The Hall–Kier alpha value is -2.48. The molecule has 27 heavy (non-hydrogen) atoms. The van der Waals surface area contributed by atoms with Crippen LogP contribution in [0.3, 0.4) is 0 Å². The maximum absolute atomic E-state index is 12.7. The predicted octanol–water partition coefficient (Wildman–Crippen LogP) is 2.18. The molecule has 1 aromatic carbocycles. The smallest absolute Gasteiger partial charge is 0.249 e. The summed E-state index contributed by atoms with van der Waals surface area (Å²) in [5, 5.41) is 12.5. The van der Waals surface area contributed by atoms with Gasteiger partial charge in [0, 0.05) is 14.2 Å². The molecule has 0 aliphatic heterocycles. The first kappa shape index (κ1) is 19.3. The molecule has 8 heteroatoms. The number of amides is 1. The summed E-state index contributed by atoms with van der Waals surface area (Å²) in [6, 6.07) is 7.60. The molecule has 1 aliphatic carbocycles. The van der Waals surface area contributed by atoms with Crippen molar-refractivity contribution in [2.75, 3.05) is 27.9 Å². The molecule has 1 aliphatic rings. The van der Waals surface area contributed by atoms with Crippen LogP contribution in [-0.2, 0) is 15.1 Å². The fraction of sp³-hybridized carbons (Fsp3) is 0.579. The van der Waals surface area contributed by atoms with E-state index < -0.39 is 5.54 Å². The van der Waals surface area contributed by atoms with Crippen LogP contribution in [0.2, 0.25) is 0 Å². The van der Waals surface area contributed by atoms with Gasteiger partial charge in [0.2, 0.25) is 5.91 Å². The standard InChI is InChI=1S/C19H27N5O3/c1-14-9-11-19(12-10-14,23(2)17(25)13-26-3)18-20-21-22-24(18)15-7-5-6-8-16(15)27-4/h5-8,14H,9-13H2,1-4H3. The predicted molar refractivity (Wildman–Crippen MR) is 99.7 cm³/mol. The lowest BCUT2D eigenvalue weighted by Gasteiger charge is -2.44. The number of aromatic nitrogens is 4. The molecule has 0 unspecified atom stereocenters. The molecule has 8 nitrogen and oxygen atoms in total. The van der Waals surface area contributed by atoms with Crippen LogP contribution in [-0.4, -0.2) is 58.9 Å². The minimum Gasteiger partial charge on any atom is -0.494 e. The van der Waals surface area contributed by atoms with Gasteiger partial charge >= 0.3 is 0 Å². The molecule has 3 rings (SSSR count). The molecule has 2 aromatic rings. The first-order valence-electron chi connectivity index (χ1n) is 9.21. The molecule has 0 bridgehead atoms. The number of methoxy groups -OCH3 is 2. The molecule has 1 aromatic heterocycles. The van der Waals surface area contributed by atoms with Gasteiger partial charge in [0.15, 0.2) is 5.82 Å². The maximum atomic E-state index is 12.7. The fourth-order valence-corrected chi connectivity index (χ4v) is 3.85. The summed E-state index contributed by atoms with van der Waals surface area (Å²) < 4.78 is 12.3.